The highest BCUT2D eigenvalue weighted by Gasteiger charge is 2.15. The number of hydrogen-bond donors (Lipinski definition) is 0. The Labute approximate surface area is 96.3 Å². The minimum atomic E-state index is -0.939. The molecule has 0 fully saturated rings. The number of methoxy groups -OCH3 is 1. The molecule has 0 spiro atoms. The minimum Gasteiger partial charge on any atom is -0.494 e. The van der Waals surface area contributed by atoms with E-state index in [9.17, 15) is 8.78 Å². The first-order valence-electron chi connectivity index (χ1n) is 4.72. The van der Waals surface area contributed by atoms with Crippen molar-refractivity contribution < 1.29 is 13.5 Å². The van der Waals surface area contributed by atoms with Crippen LogP contribution in [0.4, 0.5) is 8.78 Å². The quantitative estimate of drug-likeness (QED) is 0.770. The standard InChI is InChI=1S/C12H10F2OS/c1-7-3-6-10(16-7)8-4-5-9(15-2)12(14)11(8)13/h3-6H,1-2H3. The lowest BCUT2D eigenvalue weighted by molar-refractivity contribution is 0.372. The van der Waals surface area contributed by atoms with Crippen molar-refractivity contribution >= 4 is 11.3 Å². The van der Waals surface area contributed by atoms with Gasteiger partial charge in [0.15, 0.2) is 11.6 Å². The molecule has 0 aliphatic rings. The van der Waals surface area contributed by atoms with E-state index >= 15 is 0 Å². The van der Waals surface area contributed by atoms with Gasteiger partial charge in [0.1, 0.15) is 0 Å². The lowest BCUT2D eigenvalue weighted by atomic mass is 10.1. The van der Waals surface area contributed by atoms with Gasteiger partial charge in [-0.1, -0.05) is 0 Å². The highest BCUT2D eigenvalue weighted by Crippen LogP contribution is 2.33. The first-order chi connectivity index (χ1) is 7.63. The van der Waals surface area contributed by atoms with Crippen molar-refractivity contribution in [3.8, 4) is 16.2 Å². The number of ether oxygens (including phenoxy) is 1. The molecule has 0 atom stereocenters. The number of aryl methyl sites for hydroxylation is 1. The third kappa shape index (κ3) is 1.80. The normalized spacial score (nSPS) is 10.5. The molecule has 0 unspecified atom stereocenters. The highest BCUT2D eigenvalue weighted by atomic mass is 32.1. The minimum absolute atomic E-state index is 0.0745. The van der Waals surface area contributed by atoms with Crippen molar-refractivity contribution in [2.75, 3.05) is 7.11 Å². The molecule has 16 heavy (non-hydrogen) atoms. The Morgan fingerprint density at radius 3 is 2.38 bits per heavy atom. The van der Waals surface area contributed by atoms with Crippen LogP contribution in [0.5, 0.6) is 5.75 Å². The third-order valence-electron chi connectivity index (χ3n) is 2.27. The van der Waals surface area contributed by atoms with Crippen molar-refractivity contribution in [1.82, 2.24) is 0 Å². The predicted molar refractivity (Wildman–Crippen MR) is 61.0 cm³/mol. The fraction of sp³-hybridized carbons (Fsp3) is 0.167. The van der Waals surface area contributed by atoms with Gasteiger partial charge in [-0.2, -0.15) is 4.39 Å². The summed E-state index contributed by atoms with van der Waals surface area (Å²) in [5.41, 5.74) is 0.274. The smallest absolute Gasteiger partial charge is 0.201 e. The van der Waals surface area contributed by atoms with E-state index in [1.54, 1.807) is 6.07 Å². The summed E-state index contributed by atoms with van der Waals surface area (Å²) in [6.45, 7) is 1.92. The van der Waals surface area contributed by atoms with Crippen LogP contribution in [0.25, 0.3) is 10.4 Å². The molecule has 0 saturated carbocycles. The molecule has 1 aromatic carbocycles. The molecule has 4 heteroatoms. The first-order valence-corrected chi connectivity index (χ1v) is 5.54. The fourth-order valence-corrected chi connectivity index (χ4v) is 2.35. The molecule has 1 nitrogen and oxygen atoms in total. The molecule has 84 valence electrons. The molecule has 1 heterocycles. The monoisotopic (exact) mass is 240 g/mol. The fourth-order valence-electron chi connectivity index (χ4n) is 1.46. The van der Waals surface area contributed by atoms with Crippen LogP contribution in [0.2, 0.25) is 0 Å². The zero-order valence-corrected chi connectivity index (χ0v) is 9.70. The molecule has 0 aliphatic heterocycles. The van der Waals surface area contributed by atoms with Crippen molar-refractivity contribution in [2.45, 2.75) is 6.92 Å². The summed E-state index contributed by atoms with van der Waals surface area (Å²) in [7, 11) is 1.31. The maximum atomic E-state index is 13.7. The van der Waals surface area contributed by atoms with Crippen LogP contribution in [0, 0.1) is 18.6 Å². The Bertz CT molecular complexity index is 520. The van der Waals surface area contributed by atoms with Crippen LogP contribution < -0.4 is 4.74 Å². The summed E-state index contributed by atoms with van der Waals surface area (Å²) in [5.74, 6) is -1.87. The lowest BCUT2D eigenvalue weighted by Crippen LogP contribution is -1.93. The van der Waals surface area contributed by atoms with Crippen LogP contribution >= 0.6 is 11.3 Å². The van der Waals surface area contributed by atoms with Crippen LogP contribution in [0.15, 0.2) is 24.3 Å². The average molecular weight is 240 g/mol. The van der Waals surface area contributed by atoms with Crippen LogP contribution in [-0.2, 0) is 0 Å². The van der Waals surface area contributed by atoms with Crippen molar-refractivity contribution in [2.24, 2.45) is 0 Å². The van der Waals surface area contributed by atoms with E-state index in [-0.39, 0.29) is 11.3 Å². The van der Waals surface area contributed by atoms with E-state index in [2.05, 4.69) is 0 Å². The molecule has 0 saturated heterocycles. The van der Waals surface area contributed by atoms with E-state index in [4.69, 9.17) is 4.74 Å². The van der Waals surface area contributed by atoms with Crippen LogP contribution in [-0.4, -0.2) is 7.11 Å². The van der Waals surface area contributed by atoms with Crippen LogP contribution in [0.3, 0.4) is 0 Å². The molecule has 0 N–H and O–H groups in total. The second-order valence-corrected chi connectivity index (χ2v) is 4.64. The van der Waals surface area contributed by atoms with E-state index in [1.165, 1.54) is 30.6 Å². The van der Waals surface area contributed by atoms with Gasteiger partial charge in [-0.15, -0.1) is 11.3 Å². The molecule has 0 amide bonds. The van der Waals surface area contributed by atoms with E-state index in [0.717, 1.165) is 9.75 Å². The van der Waals surface area contributed by atoms with E-state index in [1.807, 2.05) is 13.0 Å². The molecule has 2 rings (SSSR count). The Hall–Kier alpha value is -1.42. The molecule has 0 bridgehead atoms. The average Bonchev–Trinajstić information content (AvgIpc) is 2.69. The SMILES string of the molecule is COc1ccc(-c2ccc(C)s2)c(F)c1F. The Morgan fingerprint density at radius 2 is 1.81 bits per heavy atom. The zero-order valence-electron chi connectivity index (χ0n) is 8.88. The number of halogens is 2. The second-order valence-electron chi connectivity index (χ2n) is 3.35. The van der Waals surface area contributed by atoms with Gasteiger partial charge < -0.3 is 4.74 Å². The topological polar surface area (TPSA) is 9.23 Å². The van der Waals surface area contributed by atoms with Gasteiger partial charge in [0.25, 0.3) is 0 Å². The lowest BCUT2D eigenvalue weighted by Gasteiger charge is -2.05. The number of benzene rings is 1. The molecule has 1 aromatic heterocycles. The summed E-state index contributed by atoms with van der Waals surface area (Å²) >= 11 is 1.43. The largest absolute Gasteiger partial charge is 0.494 e. The Morgan fingerprint density at radius 1 is 1.06 bits per heavy atom. The van der Waals surface area contributed by atoms with Gasteiger partial charge >= 0.3 is 0 Å². The summed E-state index contributed by atoms with van der Waals surface area (Å²) in [6, 6.07) is 6.62. The van der Waals surface area contributed by atoms with Gasteiger partial charge in [-0.3, -0.25) is 0 Å². The molecular weight excluding hydrogens is 230 g/mol. The maximum Gasteiger partial charge on any atom is 0.201 e. The molecule has 0 radical (unpaired) electrons. The van der Waals surface area contributed by atoms with Gasteiger partial charge in [0.05, 0.1) is 7.11 Å². The predicted octanol–water partition coefficient (Wildman–Crippen LogP) is 4.01. The molecular formula is C12H10F2OS. The molecule has 2 aromatic rings. The Balaban J connectivity index is 2.55. The van der Waals surface area contributed by atoms with Crippen molar-refractivity contribution in [3.63, 3.8) is 0 Å². The van der Waals surface area contributed by atoms with E-state index in [0.29, 0.717) is 0 Å². The zero-order chi connectivity index (χ0) is 11.7. The third-order valence-corrected chi connectivity index (χ3v) is 3.31. The molecule has 0 aliphatic carbocycles. The van der Waals surface area contributed by atoms with E-state index < -0.39 is 11.6 Å². The summed E-state index contributed by atoms with van der Waals surface area (Å²) in [6.07, 6.45) is 0. The number of thiophene rings is 1. The highest BCUT2D eigenvalue weighted by molar-refractivity contribution is 7.15. The van der Waals surface area contributed by atoms with Crippen LogP contribution in [0.1, 0.15) is 4.88 Å². The van der Waals surface area contributed by atoms with Gasteiger partial charge in [-0.05, 0) is 31.2 Å². The second kappa shape index (κ2) is 4.22. The first kappa shape index (κ1) is 11.1. The summed E-state index contributed by atoms with van der Waals surface area (Å²) < 4.78 is 31.9. The summed E-state index contributed by atoms with van der Waals surface area (Å²) in [5, 5.41) is 0. The number of hydrogen-bond acceptors (Lipinski definition) is 2. The maximum absolute atomic E-state index is 13.7. The van der Waals surface area contributed by atoms with Gasteiger partial charge in [-0.25, -0.2) is 4.39 Å². The number of rotatable bonds is 2. The van der Waals surface area contributed by atoms with Crippen molar-refractivity contribution in [1.29, 1.82) is 0 Å². The van der Waals surface area contributed by atoms with Crippen molar-refractivity contribution in [3.05, 3.63) is 40.8 Å². The summed E-state index contributed by atoms with van der Waals surface area (Å²) in [4.78, 5) is 1.78. The van der Waals surface area contributed by atoms with Gasteiger partial charge in [0, 0.05) is 15.3 Å². The Kier molecular flexibility index (Phi) is 2.92. The van der Waals surface area contributed by atoms with Gasteiger partial charge in [0.2, 0.25) is 5.82 Å².